The van der Waals surface area contributed by atoms with Gasteiger partial charge in [-0.25, -0.2) is 0 Å². The second-order valence-corrected chi connectivity index (χ2v) is 22.1. The highest BCUT2D eigenvalue weighted by molar-refractivity contribution is 6.31. The number of rotatable bonds is 13. The molecule has 0 aromatic heterocycles. The van der Waals surface area contributed by atoms with Gasteiger partial charge in [0.25, 0.3) is 0 Å². The molecule has 74 heavy (non-hydrogen) atoms. The van der Waals surface area contributed by atoms with Gasteiger partial charge >= 0.3 is 0 Å². The summed E-state index contributed by atoms with van der Waals surface area (Å²) in [5.74, 6) is -3.51. The molecule has 5 aliphatic heterocycles. The van der Waals surface area contributed by atoms with Crippen molar-refractivity contribution in [3.8, 4) is 17.2 Å². The SMILES string of the molecule is CC[C@@]1(O)C[C@H](OC2CC(N(C)C)C(OC3CCC(O)C(C)O3)C(C)O2)c2c(O)c3c(c(O)c2[C@H]1OC1CC(N(C)C)C(OC2CCC(OC4CCC(O)C(C)O4)C(C)O2)C(C)O1)C(=O)c1cccc(O)c1C3=O. The van der Waals surface area contributed by atoms with E-state index in [1.165, 1.54) is 18.2 Å². The van der Waals surface area contributed by atoms with Crippen LogP contribution >= 0.6 is 0 Å². The number of ketones is 2. The number of likely N-dealkylation sites (N-methyl/N-ethyl adjacent to an activating group) is 2. The maximum Gasteiger partial charge on any atom is 0.202 e. The van der Waals surface area contributed by atoms with Crippen LogP contribution in [-0.2, 0) is 47.4 Å². The molecule has 0 spiro atoms. The molecule has 0 saturated carbocycles. The lowest BCUT2D eigenvalue weighted by Crippen LogP contribution is -2.57. The van der Waals surface area contributed by atoms with Crippen molar-refractivity contribution in [3.63, 3.8) is 0 Å². The highest BCUT2D eigenvalue weighted by Gasteiger charge is 2.55. The Balaban J connectivity index is 0.993. The van der Waals surface area contributed by atoms with E-state index in [9.17, 15) is 40.2 Å². The molecule has 2 aromatic carbocycles. The summed E-state index contributed by atoms with van der Waals surface area (Å²) in [6, 6.07) is 3.44. The molecule has 2 aliphatic carbocycles. The van der Waals surface area contributed by atoms with Crippen LogP contribution in [0.3, 0.4) is 0 Å². The van der Waals surface area contributed by atoms with E-state index in [0.29, 0.717) is 38.5 Å². The van der Waals surface area contributed by atoms with Gasteiger partial charge in [-0.05, 0) is 94.6 Å². The van der Waals surface area contributed by atoms with Crippen molar-refractivity contribution in [3.05, 3.63) is 51.6 Å². The number of phenolic OH excluding ortho intramolecular Hbond substituents is 3. The van der Waals surface area contributed by atoms with E-state index in [2.05, 4.69) is 0 Å². The summed E-state index contributed by atoms with van der Waals surface area (Å²) >= 11 is 0. The molecule has 5 fully saturated rings. The molecule has 20 atom stereocenters. The minimum absolute atomic E-state index is 0.0470. The summed E-state index contributed by atoms with van der Waals surface area (Å²) < 4.78 is 64.7. The first-order chi connectivity index (χ1) is 35.1. The lowest BCUT2D eigenvalue weighted by Gasteiger charge is -2.50. The zero-order valence-electron chi connectivity index (χ0n) is 44.2. The first-order valence-corrected chi connectivity index (χ1v) is 26.6. The van der Waals surface area contributed by atoms with Crippen LogP contribution in [0.25, 0.3) is 0 Å². The van der Waals surface area contributed by atoms with Crippen molar-refractivity contribution >= 4 is 11.6 Å². The van der Waals surface area contributed by atoms with Crippen molar-refractivity contribution in [1.82, 2.24) is 9.80 Å². The lowest BCUT2D eigenvalue weighted by atomic mass is 9.70. The number of aliphatic hydroxyl groups is 3. The van der Waals surface area contributed by atoms with Crippen LogP contribution in [0.15, 0.2) is 18.2 Å². The van der Waals surface area contributed by atoms with E-state index in [1.807, 2.05) is 65.7 Å². The predicted octanol–water partition coefficient (Wildman–Crippen LogP) is 4.82. The quantitative estimate of drug-likeness (QED) is 0.126. The molecule has 5 heterocycles. The maximum absolute atomic E-state index is 14.4. The third kappa shape index (κ3) is 10.6. The topological polar surface area (TPSA) is 254 Å². The van der Waals surface area contributed by atoms with Gasteiger partial charge in [0.15, 0.2) is 37.2 Å². The van der Waals surface area contributed by atoms with Crippen LogP contribution in [0.5, 0.6) is 17.2 Å². The number of aliphatic hydroxyl groups excluding tert-OH is 2. The maximum atomic E-state index is 14.4. The molecule has 0 radical (unpaired) electrons. The van der Waals surface area contributed by atoms with Crippen LogP contribution < -0.4 is 0 Å². The molecular formula is C54H78N2O18. The van der Waals surface area contributed by atoms with Crippen LogP contribution in [0.2, 0.25) is 0 Å². The minimum Gasteiger partial charge on any atom is -0.507 e. The van der Waals surface area contributed by atoms with E-state index in [1.54, 1.807) is 13.8 Å². The largest absolute Gasteiger partial charge is 0.507 e. The summed E-state index contributed by atoms with van der Waals surface area (Å²) in [7, 11) is 7.65. The number of nitrogens with zero attached hydrogens (tertiary/aromatic N) is 2. The summed E-state index contributed by atoms with van der Waals surface area (Å²) in [6.45, 7) is 11.0. The fourth-order valence-electron chi connectivity index (χ4n) is 12.3. The van der Waals surface area contributed by atoms with Crippen LogP contribution in [0.4, 0.5) is 0 Å². The van der Waals surface area contributed by atoms with Crippen molar-refractivity contribution in [2.45, 2.75) is 228 Å². The number of benzene rings is 2. The Hall–Kier alpha value is -3.42. The van der Waals surface area contributed by atoms with Gasteiger partial charge in [0.2, 0.25) is 5.78 Å². The van der Waals surface area contributed by atoms with Gasteiger partial charge in [0, 0.05) is 67.3 Å². The van der Waals surface area contributed by atoms with E-state index < -0.39 is 132 Å². The Morgan fingerprint density at radius 2 is 1.07 bits per heavy atom. The van der Waals surface area contributed by atoms with Gasteiger partial charge in [-0.15, -0.1) is 0 Å². The zero-order valence-corrected chi connectivity index (χ0v) is 44.2. The Kier molecular flexibility index (Phi) is 16.6. The highest BCUT2D eigenvalue weighted by Crippen LogP contribution is 2.58. The van der Waals surface area contributed by atoms with E-state index in [0.717, 1.165) is 0 Å². The summed E-state index contributed by atoms with van der Waals surface area (Å²) in [4.78, 5) is 32.9. The van der Waals surface area contributed by atoms with E-state index in [-0.39, 0.29) is 78.3 Å². The molecule has 2 aromatic rings. The smallest absolute Gasteiger partial charge is 0.202 e. The Bertz CT molecular complexity index is 2350. The number of fused-ring (bicyclic) bond motifs is 3. The molecule has 412 valence electrons. The second kappa shape index (κ2) is 22.1. The Labute approximate surface area is 433 Å². The number of aromatic hydroxyl groups is 3. The monoisotopic (exact) mass is 1040 g/mol. The number of ether oxygens (including phenoxy) is 10. The van der Waals surface area contributed by atoms with Crippen molar-refractivity contribution in [1.29, 1.82) is 0 Å². The predicted molar refractivity (Wildman–Crippen MR) is 262 cm³/mol. The standard InChI is InChI=1S/C54H78N2O18/c1-11-54(64)23-36(71-40-21-30(55(7)8)51(27(5)68-40)72-38-19-16-33(58)25(3)66-38)43-46(50(63)44-45(49(43)62)48(61)42-29(47(44)60)13-12-14-34(42)59)53(54)74-41-22-31(56(9)10)52(28(6)69-41)73-39-20-17-35(26(4)67-39)70-37-18-15-32(57)24(2)65-37/h12-14,24-28,30-33,35-41,51-53,57-59,62-64H,11,15-23H2,1-10H3/t24?,25?,26?,27?,28?,30?,31?,32?,33?,35?,36-,37?,38?,39?,40?,41?,51?,52?,53+,54+/m0/s1. The highest BCUT2D eigenvalue weighted by atomic mass is 16.7. The molecule has 20 heteroatoms. The zero-order chi connectivity index (χ0) is 53.2. The van der Waals surface area contributed by atoms with Gasteiger partial charge < -0.3 is 87.8 Å². The number of hydrogen-bond donors (Lipinski definition) is 6. The molecule has 7 aliphatic rings. The molecule has 5 saturated heterocycles. The summed E-state index contributed by atoms with van der Waals surface area (Å²) in [5.41, 5.74) is -3.54. The van der Waals surface area contributed by atoms with E-state index in [4.69, 9.17) is 47.4 Å². The summed E-state index contributed by atoms with van der Waals surface area (Å²) in [5, 5.41) is 69.4. The molecule has 17 unspecified atom stereocenters. The molecule has 6 N–H and O–H groups in total. The summed E-state index contributed by atoms with van der Waals surface area (Å²) in [6.07, 6.45) is -7.10. The lowest BCUT2D eigenvalue weighted by molar-refractivity contribution is -0.322. The van der Waals surface area contributed by atoms with Crippen molar-refractivity contribution in [2.24, 2.45) is 0 Å². The number of phenols is 3. The second-order valence-electron chi connectivity index (χ2n) is 22.1. The first kappa shape index (κ1) is 55.3. The number of carbonyl (C=O) groups excluding carboxylic acids is 2. The molecule has 0 amide bonds. The average molecular weight is 1040 g/mol. The van der Waals surface area contributed by atoms with Crippen LogP contribution in [0.1, 0.15) is 161 Å². The van der Waals surface area contributed by atoms with Gasteiger partial charge in [-0.3, -0.25) is 9.59 Å². The molecule has 9 rings (SSSR count). The first-order valence-electron chi connectivity index (χ1n) is 26.6. The minimum atomic E-state index is -1.83. The Morgan fingerprint density at radius 1 is 0.581 bits per heavy atom. The number of hydrogen-bond acceptors (Lipinski definition) is 20. The third-order valence-corrected chi connectivity index (χ3v) is 16.7. The van der Waals surface area contributed by atoms with Crippen LogP contribution in [-0.4, -0.2) is 190 Å². The van der Waals surface area contributed by atoms with Gasteiger partial charge in [-0.2, -0.15) is 0 Å². The van der Waals surface area contributed by atoms with Gasteiger partial charge in [0.1, 0.15) is 35.6 Å². The number of carbonyl (C=O) groups is 2. The Morgan fingerprint density at radius 3 is 1.59 bits per heavy atom. The van der Waals surface area contributed by atoms with Crippen LogP contribution in [0, 0.1) is 0 Å². The molecular weight excluding hydrogens is 965 g/mol. The fraction of sp³-hybridized carbons (Fsp3) is 0.741. The van der Waals surface area contributed by atoms with Crippen molar-refractivity contribution < 1.29 is 87.6 Å². The van der Waals surface area contributed by atoms with Gasteiger partial charge in [-0.1, -0.05) is 19.1 Å². The normalized spacial score (nSPS) is 40.7. The van der Waals surface area contributed by atoms with E-state index >= 15 is 0 Å². The molecule has 20 nitrogen and oxygen atoms in total. The van der Waals surface area contributed by atoms with Gasteiger partial charge in [0.05, 0.1) is 77.2 Å². The third-order valence-electron chi connectivity index (χ3n) is 16.7. The fourth-order valence-corrected chi connectivity index (χ4v) is 12.3. The van der Waals surface area contributed by atoms with Crippen molar-refractivity contribution in [2.75, 3.05) is 28.2 Å². The average Bonchev–Trinajstić information content (AvgIpc) is 3.34. The molecule has 0 bridgehead atoms.